The van der Waals surface area contributed by atoms with E-state index in [2.05, 4.69) is 12.2 Å². The van der Waals surface area contributed by atoms with Gasteiger partial charge in [0.25, 0.3) is 5.91 Å². The summed E-state index contributed by atoms with van der Waals surface area (Å²) in [6, 6.07) is 6.18. The lowest BCUT2D eigenvalue weighted by atomic mass is 9.86. The molecular weight excluding hydrogens is 309 g/mol. The molecule has 132 valence electrons. The van der Waals surface area contributed by atoms with Crippen LogP contribution < -0.4 is 5.32 Å². The zero-order chi connectivity index (χ0) is 17.5. The Kier molecular flexibility index (Phi) is 6.76. The van der Waals surface area contributed by atoms with Crippen molar-refractivity contribution < 1.29 is 18.7 Å². The number of ether oxygens (including phenoxy) is 1. The highest BCUT2D eigenvalue weighted by molar-refractivity contribution is 5.83. The number of carbonyl (C=O) groups is 2. The highest BCUT2D eigenvalue weighted by Crippen LogP contribution is 2.23. The molecule has 3 unspecified atom stereocenters. The Morgan fingerprint density at radius 2 is 1.92 bits per heavy atom. The molecule has 1 aliphatic rings. The van der Waals surface area contributed by atoms with Gasteiger partial charge in [0, 0.05) is 12.5 Å². The van der Waals surface area contributed by atoms with Gasteiger partial charge in [0.2, 0.25) is 0 Å². The van der Waals surface area contributed by atoms with E-state index in [1.165, 1.54) is 18.6 Å². The molecule has 3 atom stereocenters. The van der Waals surface area contributed by atoms with Crippen molar-refractivity contribution in [2.75, 3.05) is 0 Å². The first-order valence-electron chi connectivity index (χ1n) is 8.70. The van der Waals surface area contributed by atoms with Crippen molar-refractivity contribution in [2.45, 2.75) is 64.5 Å². The maximum absolute atomic E-state index is 12.8. The van der Waals surface area contributed by atoms with Crippen LogP contribution in [0.1, 0.15) is 51.5 Å². The van der Waals surface area contributed by atoms with Crippen LogP contribution in [0.4, 0.5) is 4.39 Å². The van der Waals surface area contributed by atoms with Crippen LogP contribution in [0.3, 0.4) is 0 Å². The van der Waals surface area contributed by atoms with Crippen LogP contribution in [0.25, 0.3) is 0 Å². The highest BCUT2D eigenvalue weighted by Gasteiger charge is 2.26. The first kappa shape index (κ1) is 18.4. The Labute approximate surface area is 142 Å². The van der Waals surface area contributed by atoms with E-state index in [1.807, 2.05) is 0 Å². The molecule has 1 aromatic rings. The molecule has 0 aliphatic heterocycles. The van der Waals surface area contributed by atoms with Crippen LogP contribution in [0.2, 0.25) is 0 Å². The smallest absolute Gasteiger partial charge is 0.306 e. The van der Waals surface area contributed by atoms with Crippen molar-refractivity contribution in [1.82, 2.24) is 5.32 Å². The van der Waals surface area contributed by atoms with Gasteiger partial charge in [-0.2, -0.15) is 0 Å². The number of esters is 1. The molecule has 0 heterocycles. The third-order valence-electron chi connectivity index (χ3n) is 4.65. The fourth-order valence-corrected chi connectivity index (χ4v) is 3.04. The quantitative estimate of drug-likeness (QED) is 0.811. The van der Waals surface area contributed by atoms with Gasteiger partial charge in [-0.05, 0) is 49.8 Å². The number of benzene rings is 1. The maximum Gasteiger partial charge on any atom is 0.306 e. The van der Waals surface area contributed by atoms with Gasteiger partial charge in [-0.1, -0.05) is 31.9 Å². The minimum atomic E-state index is -0.792. The van der Waals surface area contributed by atoms with Crippen LogP contribution in [0, 0.1) is 11.7 Å². The Bertz CT molecular complexity index is 558. The topological polar surface area (TPSA) is 55.4 Å². The van der Waals surface area contributed by atoms with E-state index in [4.69, 9.17) is 4.74 Å². The van der Waals surface area contributed by atoms with Gasteiger partial charge in [0.1, 0.15) is 5.82 Å². The molecule has 0 radical (unpaired) electrons. The first-order valence-corrected chi connectivity index (χ1v) is 8.70. The molecule has 1 fully saturated rings. The van der Waals surface area contributed by atoms with E-state index in [9.17, 15) is 14.0 Å². The number of amides is 1. The minimum absolute atomic E-state index is 0.170. The lowest BCUT2D eigenvalue weighted by molar-refractivity contribution is -0.155. The molecule has 2 rings (SSSR count). The number of hydrogen-bond acceptors (Lipinski definition) is 3. The normalized spacial score (nSPS) is 21.8. The second kappa shape index (κ2) is 8.81. The van der Waals surface area contributed by atoms with E-state index < -0.39 is 12.1 Å². The fourth-order valence-electron chi connectivity index (χ4n) is 3.04. The highest BCUT2D eigenvalue weighted by atomic mass is 19.1. The molecule has 0 aromatic heterocycles. The van der Waals surface area contributed by atoms with E-state index in [0.717, 1.165) is 24.8 Å². The van der Waals surface area contributed by atoms with Crippen LogP contribution in [-0.4, -0.2) is 24.0 Å². The second-order valence-electron chi connectivity index (χ2n) is 6.64. The van der Waals surface area contributed by atoms with Gasteiger partial charge >= 0.3 is 5.97 Å². The fraction of sp³-hybridized carbons (Fsp3) is 0.579. The van der Waals surface area contributed by atoms with Gasteiger partial charge in [0.15, 0.2) is 6.10 Å². The number of rotatable bonds is 6. The largest absolute Gasteiger partial charge is 0.453 e. The third-order valence-corrected chi connectivity index (χ3v) is 4.65. The second-order valence-corrected chi connectivity index (χ2v) is 6.64. The number of aryl methyl sites for hydroxylation is 1. The van der Waals surface area contributed by atoms with Crippen molar-refractivity contribution in [1.29, 1.82) is 0 Å². The molecule has 1 aliphatic carbocycles. The minimum Gasteiger partial charge on any atom is -0.453 e. The summed E-state index contributed by atoms with van der Waals surface area (Å²) in [5.41, 5.74) is 0.862. The molecule has 0 saturated heterocycles. The molecule has 24 heavy (non-hydrogen) atoms. The van der Waals surface area contributed by atoms with E-state index in [0.29, 0.717) is 12.3 Å². The van der Waals surface area contributed by atoms with Gasteiger partial charge in [-0.25, -0.2) is 4.39 Å². The average molecular weight is 335 g/mol. The Morgan fingerprint density at radius 3 is 2.58 bits per heavy atom. The van der Waals surface area contributed by atoms with Crippen molar-refractivity contribution in [2.24, 2.45) is 5.92 Å². The molecule has 1 N–H and O–H groups in total. The Balaban J connectivity index is 1.73. The van der Waals surface area contributed by atoms with E-state index in [-0.39, 0.29) is 24.2 Å². The summed E-state index contributed by atoms with van der Waals surface area (Å²) in [5, 5.41) is 3.00. The van der Waals surface area contributed by atoms with Gasteiger partial charge in [0.05, 0.1) is 0 Å². The van der Waals surface area contributed by atoms with Crippen LogP contribution in [0.5, 0.6) is 0 Å². The molecule has 0 spiro atoms. The van der Waals surface area contributed by atoms with Gasteiger partial charge < -0.3 is 10.1 Å². The summed E-state index contributed by atoms with van der Waals surface area (Å²) < 4.78 is 18.0. The zero-order valence-corrected chi connectivity index (χ0v) is 14.4. The van der Waals surface area contributed by atoms with Crippen molar-refractivity contribution in [3.8, 4) is 0 Å². The summed E-state index contributed by atoms with van der Waals surface area (Å²) in [6.07, 6.45) is 4.29. The Hall–Kier alpha value is -1.91. The number of hydrogen-bond donors (Lipinski definition) is 1. The van der Waals surface area contributed by atoms with Crippen LogP contribution in [0.15, 0.2) is 24.3 Å². The van der Waals surface area contributed by atoms with Gasteiger partial charge in [-0.15, -0.1) is 0 Å². The average Bonchev–Trinajstić information content (AvgIpc) is 2.56. The van der Waals surface area contributed by atoms with Crippen molar-refractivity contribution >= 4 is 11.9 Å². The maximum atomic E-state index is 12.8. The molecule has 5 heteroatoms. The number of carbonyl (C=O) groups excluding carboxylic acids is 2. The third kappa shape index (κ3) is 5.62. The van der Waals surface area contributed by atoms with E-state index >= 15 is 0 Å². The molecule has 1 amide bonds. The Morgan fingerprint density at radius 1 is 1.25 bits per heavy atom. The number of nitrogens with one attached hydrogen (secondary N) is 1. The summed E-state index contributed by atoms with van der Waals surface area (Å²) in [7, 11) is 0. The van der Waals surface area contributed by atoms with Crippen LogP contribution >= 0.6 is 0 Å². The molecule has 4 nitrogen and oxygen atoms in total. The lowest BCUT2D eigenvalue weighted by Crippen LogP contribution is -2.46. The van der Waals surface area contributed by atoms with Gasteiger partial charge in [-0.3, -0.25) is 9.59 Å². The summed E-state index contributed by atoms with van der Waals surface area (Å²) in [6.45, 7) is 3.74. The van der Waals surface area contributed by atoms with Crippen molar-refractivity contribution in [3.63, 3.8) is 0 Å². The molecular formula is C19H26FNO3. The predicted molar refractivity (Wildman–Crippen MR) is 89.8 cm³/mol. The standard InChI is InChI=1S/C19H26FNO3/c1-13-5-3-4-6-17(13)21-19(23)14(2)24-18(22)12-9-15-7-10-16(20)11-8-15/h7-8,10-11,13-14,17H,3-6,9,12H2,1-2H3,(H,21,23). The SMILES string of the molecule is CC(OC(=O)CCc1ccc(F)cc1)C(=O)NC1CCCCC1C. The molecule has 0 bridgehead atoms. The predicted octanol–water partition coefficient (Wildman–Crippen LogP) is 3.38. The number of halogens is 1. The summed E-state index contributed by atoms with van der Waals surface area (Å²) in [4.78, 5) is 24.1. The zero-order valence-electron chi connectivity index (χ0n) is 14.4. The first-order chi connectivity index (χ1) is 11.5. The summed E-state index contributed by atoms with van der Waals surface area (Å²) in [5.74, 6) is -0.491. The lowest BCUT2D eigenvalue weighted by Gasteiger charge is -2.30. The monoisotopic (exact) mass is 335 g/mol. The van der Waals surface area contributed by atoms with Crippen molar-refractivity contribution in [3.05, 3.63) is 35.6 Å². The van der Waals surface area contributed by atoms with Crippen LogP contribution in [-0.2, 0) is 20.7 Å². The molecule has 1 aromatic carbocycles. The summed E-state index contributed by atoms with van der Waals surface area (Å²) >= 11 is 0. The molecule has 1 saturated carbocycles. The van der Waals surface area contributed by atoms with E-state index in [1.54, 1.807) is 19.1 Å².